The van der Waals surface area contributed by atoms with E-state index in [1.54, 1.807) is 18.5 Å². The molecule has 0 amide bonds. The molecule has 1 aromatic heterocycles. The average molecular weight is 186 g/mol. The lowest BCUT2D eigenvalue weighted by Gasteiger charge is -2.00. The Morgan fingerprint density at radius 3 is 2.93 bits per heavy atom. The summed E-state index contributed by atoms with van der Waals surface area (Å²) in [4.78, 5) is 7.12. The number of nitrogens with zero attached hydrogens (tertiary/aromatic N) is 1. The first-order valence-electron chi connectivity index (χ1n) is 4.21. The van der Waals surface area contributed by atoms with Gasteiger partial charge in [0.25, 0.3) is 0 Å². The predicted octanol–water partition coefficient (Wildman–Crippen LogP) is 1.36. The molecule has 0 aliphatic carbocycles. The maximum Gasteiger partial charge on any atom is 0.137 e. The molecule has 0 aliphatic rings. The van der Waals surface area contributed by atoms with E-state index in [0.717, 1.165) is 11.4 Å². The number of aromatic amines is 1. The van der Waals surface area contributed by atoms with E-state index in [9.17, 15) is 0 Å². The number of imidazole rings is 1. The third kappa shape index (κ3) is 1.50. The van der Waals surface area contributed by atoms with E-state index in [2.05, 4.69) is 9.97 Å². The van der Waals surface area contributed by atoms with Gasteiger partial charge in [-0.2, -0.15) is 0 Å². The number of nitrogens with two attached hydrogens (primary N) is 1. The number of hydrogen-bond donors (Lipinski definition) is 3. The van der Waals surface area contributed by atoms with Crippen LogP contribution in [-0.4, -0.2) is 15.8 Å². The monoisotopic (exact) mass is 186 g/mol. The van der Waals surface area contributed by atoms with Crippen molar-refractivity contribution < 1.29 is 0 Å². The third-order valence-corrected chi connectivity index (χ3v) is 1.95. The van der Waals surface area contributed by atoms with Gasteiger partial charge in [0, 0.05) is 23.5 Å². The van der Waals surface area contributed by atoms with Crippen molar-refractivity contribution in [3.8, 4) is 11.4 Å². The van der Waals surface area contributed by atoms with Gasteiger partial charge >= 0.3 is 0 Å². The zero-order chi connectivity index (χ0) is 9.97. The second-order valence-electron chi connectivity index (χ2n) is 2.93. The first-order chi connectivity index (χ1) is 6.77. The summed E-state index contributed by atoms with van der Waals surface area (Å²) in [6.45, 7) is 0. The highest BCUT2D eigenvalue weighted by atomic mass is 14.9. The van der Waals surface area contributed by atoms with Crippen LogP contribution in [0.5, 0.6) is 0 Å². The highest BCUT2D eigenvalue weighted by Crippen LogP contribution is 2.15. The van der Waals surface area contributed by atoms with Crippen LogP contribution < -0.4 is 5.73 Å². The molecule has 0 bridgehead atoms. The largest absolute Gasteiger partial charge is 0.384 e. The molecule has 0 atom stereocenters. The minimum Gasteiger partial charge on any atom is -0.384 e. The molecule has 0 radical (unpaired) electrons. The zero-order valence-corrected chi connectivity index (χ0v) is 7.49. The molecule has 4 heteroatoms. The van der Waals surface area contributed by atoms with Gasteiger partial charge in [0.1, 0.15) is 11.7 Å². The lowest BCUT2D eigenvalue weighted by molar-refractivity contribution is 1.30. The van der Waals surface area contributed by atoms with Gasteiger partial charge in [-0.05, 0) is 6.07 Å². The van der Waals surface area contributed by atoms with Crippen LogP contribution in [-0.2, 0) is 0 Å². The molecule has 4 N–H and O–H groups in total. The number of benzene rings is 1. The number of hydrogen-bond acceptors (Lipinski definition) is 2. The molecule has 1 heterocycles. The molecule has 2 aromatic rings. The van der Waals surface area contributed by atoms with E-state index in [4.69, 9.17) is 11.1 Å². The molecular weight excluding hydrogens is 176 g/mol. The predicted molar refractivity (Wildman–Crippen MR) is 55.0 cm³/mol. The summed E-state index contributed by atoms with van der Waals surface area (Å²) in [7, 11) is 0. The maximum absolute atomic E-state index is 7.30. The Morgan fingerprint density at radius 2 is 2.29 bits per heavy atom. The molecule has 0 spiro atoms. The molecule has 70 valence electrons. The van der Waals surface area contributed by atoms with Crippen LogP contribution >= 0.6 is 0 Å². The summed E-state index contributed by atoms with van der Waals surface area (Å²) in [6.07, 6.45) is 3.45. The van der Waals surface area contributed by atoms with Crippen molar-refractivity contribution in [1.82, 2.24) is 9.97 Å². The van der Waals surface area contributed by atoms with Gasteiger partial charge in [0.2, 0.25) is 0 Å². The molecular formula is C10H10N4. The minimum atomic E-state index is 0.0680. The smallest absolute Gasteiger partial charge is 0.137 e. The Bertz CT molecular complexity index is 445. The molecule has 4 nitrogen and oxygen atoms in total. The maximum atomic E-state index is 7.30. The molecule has 14 heavy (non-hydrogen) atoms. The van der Waals surface area contributed by atoms with E-state index in [-0.39, 0.29) is 5.84 Å². The molecule has 0 saturated carbocycles. The van der Waals surface area contributed by atoms with E-state index in [0.29, 0.717) is 5.56 Å². The van der Waals surface area contributed by atoms with Crippen LogP contribution in [0.15, 0.2) is 36.7 Å². The Morgan fingerprint density at radius 1 is 1.43 bits per heavy atom. The van der Waals surface area contributed by atoms with E-state index < -0.39 is 0 Å². The molecule has 0 aliphatic heterocycles. The van der Waals surface area contributed by atoms with E-state index >= 15 is 0 Å². The van der Waals surface area contributed by atoms with Gasteiger partial charge in [-0.3, -0.25) is 5.41 Å². The second-order valence-corrected chi connectivity index (χ2v) is 2.93. The molecule has 2 rings (SSSR count). The Balaban J connectivity index is 2.46. The third-order valence-electron chi connectivity index (χ3n) is 1.95. The van der Waals surface area contributed by atoms with Crippen LogP contribution in [0.2, 0.25) is 0 Å². The summed E-state index contributed by atoms with van der Waals surface area (Å²) in [5, 5.41) is 7.30. The van der Waals surface area contributed by atoms with Crippen LogP contribution in [0.4, 0.5) is 0 Å². The highest BCUT2D eigenvalue weighted by molar-refractivity contribution is 5.95. The molecule has 1 aromatic carbocycles. The fraction of sp³-hybridized carbons (Fsp3) is 0. The average Bonchev–Trinajstić information content (AvgIpc) is 2.71. The van der Waals surface area contributed by atoms with Gasteiger partial charge in [-0.15, -0.1) is 0 Å². The van der Waals surface area contributed by atoms with E-state index in [1.165, 1.54) is 0 Å². The van der Waals surface area contributed by atoms with Gasteiger partial charge < -0.3 is 10.7 Å². The topological polar surface area (TPSA) is 78.6 Å². The minimum absolute atomic E-state index is 0.0680. The Kier molecular flexibility index (Phi) is 2.02. The fourth-order valence-electron chi connectivity index (χ4n) is 1.26. The molecule has 0 saturated heterocycles. The van der Waals surface area contributed by atoms with Gasteiger partial charge in [0.05, 0.1) is 0 Å². The highest BCUT2D eigenvalue weighted by Gasteiger charge is 2.01. The SMILES string of the molecule is N=C(N)c1cccc(-c2ncc[nH]2)c1. The van der Waals surface area contributed by atoms with E-state index in [1.807, 2.05) is 18.2 Å². The van der Waals surface area contributed by atoms with Crippen molar-refractivity contribution in [3.63, 3.8) is 0 Å². The first-order valence-corrected chi connectivity index (χ1v) is 4.21. The second kappa shape index (κ2) is 3.33. The summed E-state index contributed by atoms with van der Waals surface area (Å²) in [5.74, 6) is 0.853. The van der Waals surface area contributed by atoms with Crippen LogP contribution in [0.3, 0.4) is 0 Å². The van der Waals surface area contributed by atoms with Gasteiger partial charge in [0.15, 0.2) is 0 Å². The summed E-state index contributed by atoms with van der Waals surface area (Å²) < 4.78 is 0. The summed E-state index contributed by atoms with van der Waals surface area (Å²) in [5.41, 5.74) is 7.03. The van der Waals surface area contributed by atoms with Crippen molar-refractivity contribution in [2.24, 2.45) is 5.73 Å². The number of amidine groups is 1. The summed E-state index contributed by atoms with van der Waals surface area (Å²) in [6, 6.07) is 7.41. The fourth-order valence-corrected chi connectivity index (χ4v) is 1.26. The number of nitrogens with one attached hydrogen (secondary N) is 2. The van der Waals surface area contributed by atoms with Crippen molar-refractivity contribution in [2.45, 2.75) is 0 Å². The van der Waals surface area contributed by atoms with Crippen LogP contribution in [0, 0.1) is 5.41 Å². The van der Waals surface area contributed by atoms with Gasteiger partial charge in [-0.1, -0.05) is 18.2 Å². The van der Waals surface area contributed by atoms with Crippen LogP contribution in [0.25, 0.3) is 11.4 Å². The molecule has 0 fully saturated rings. The summed E-state index contributed by atoms with van der Waals surface area (Å²) >= 11 is 0. The molecule has 0 unspecified atom stereocenters. The quantitative estimate of drug-likeness (QED) is 0.489. The number of nitrogen functional groups attached to an aromatic ring is 1. The standard InChI is InChI=1S/C10H10N4/c11-9(12)7-2-1-3-8(6-7)10-13-4-5-14-10/h1-6H,(H3,11,12)(H,13,14). The Labute approximate surface area is 81.3 Å². The van der Waals surface area contributed by atoms with Crippen molar-refractivity contribution in [3.05, 3.63) is 42.2 Å². The lowest BCUT2D eigenvalue weighted by atomic mass is 10.1. The van der Waals surface area contributed by atoms with Crippen LogP contribution in [0.1, 0.15) is 5.56 Å². The van der Waals surface area contributed by atoms with Crippen molar-refractivity contribution in [1.29, 1.82) is 5.41 Å². The zero-order valence-electron chi connectivity index (χ0n) is 7.49. The van der Waals surface area contributed by atoms with Crippen molar-refractivity contribution in [2.75, 3.05) is 0 Å². The Hall–Kier alpha value is -2.10. The number of aromatic nitrogens is 2. The first kappa shape index (κ1) is 8.50. The van der Waals surface area contributed by atoms with Crippen molar-refractivity contribution >= 4 is 5.84 Å². The number of H-pyrrole nitrogens is 1. The number of rotatable bonds is 2. The normalized spacial score (nSPS) is 10.0. The lowest BCUT2D eigenvalue weighted by Crippen LogP contribution is -2.10. The van der Waals surface area contributed by atoms with Gasteiger partial charge in [-0.25, -0.2) is 4.98 Å².